The lowest BCUT2D eigenvalue weighted by atomic mass is 10.1. The van der Waals surface area contributed by atoms with Crippen molar-refractivity contribution in [1.29, 1.82) is 5.41 Å². The third kappa shape index (κ3) is 5.36. The summed E-state index contributed by atoms with van der Waals surface area (Å²) >= 11 is 0. The predicted molar refractivity (Wildman–Crippen MR) is 115 cm³/mol. The summed E-state index contributed by atoms with van der Waals surface area (Å²) < 4.78 is 0. The highest BCUT2D eigenvalue weighted by Gasteiger charge is 2.13. The number of amides is 2. The molecule has 0 radical (unpaired) electrons. The van der Waals surface area contributed by atoms with Crippen LogP contribution in [-0.4, -0.2) is 28.8 Å². The predicted octanol–water partition coefficient (Wildman–Crippen LogP) is 3.35. The Kier molecular flexibility index (Phi) is 6.49. The van der Waals surface area contributed by atoms with Crippen molar-refractivity contribution in [2.24, 2.45) is 5.73 Å². The first-order valence-corrected chi connectivity index (χ1v) is 9.12. The van der Waals surface area contributed by atoms with Crippen molar-refractivity contribution < 1.29 is 4.79 Å². The lowest BCUT2D eigenvalue weighted by Gasteiger charge is -2.18. The molecule has 3 aromatic rings. The normalized spacial score (nSPS) is 11.4. The first-order chi connectivity index (χ1) is 14.1. The molecule has 0 saturated heterocycles. The minimum Gasteiger partial charge on any atom is -0.354 e. The van der Waals surface area contributed by atoms with Gasteiger partial charge in [-0.25, -0.2) is 9.78 Å². The molecule has 29 heavy (non-hydrogen) atoms. The van der Waals surface area contributed by atoms with Crippen molar-refractivity contribution in [2.45, 2.75) is 13.0 Å². The number of aromatic nitrogens is 2. The molecule has 0 spiro atoms. The van der Waals surface area contributed by atoms with Gasteiger partial charge < -0.3 is 21.8 Å². The number of carbonyl (C=O) groups is 1. The van der Waals surface area contributed by atoms with E-state index in [1.54, 1.807) is 18.5 Å². The second-order valence-electron chi connectivity index (χ2n) is 6.41. The molecule has 8 heteroatoms. The van der Waals surface area contributed by atoms with E-state index < -0.39 is 6.03 Å². The van der Waals surface area contributed by atoms with E-state index in [4.69, 9.17) is 11.1 Å². The van der Waals surface area contributed by atoms with Crippen molar-refractivity contribution in [2.75, 3.05) is 17.2 Å². The van der Waals surface area contributed by atoms with Gasteiger partial charge in [0, 0.05) is 35.9 Å². The van der Waals surface area contributed by atoms with Gasteiger partial charge in [-0.3, -0.25) is 10.3 Å². The van der Waals surface area contributed by atoms with Crippen LogP contribution in [0.4, 0.5) is 22.0 Å². The van der Waals surface area contributed by atoms with E-state index in [1.807, 2.05) is 49.4 Å². The Hall–Kier alpha value is -3.78. The molecule has 0 aliphatic rings. The van der Waals surface area contributed by atoms with E-state index in [0.29, 0.717) is 17.1 Å². The highest BCUT2D eigenvalue weighted by atomic mass is 16.2. The number of nitrogens with one attached hydrogen (secondary N) is 4. The molecule has 2 heterocycles. The first kappa shape index (κ1) is 20.0. The summed E-state index contributed by atoms with van der Waals surface area (Å²) in [5.74, 6) is 0.335. The number of hydrogen-bond acceptors (Lipinski definition) is 6. The van der Waals surface area contributed by atoms with E-state index in [9.17, 15) is 4.79 Å². The van der Waals surface area contributed by atoms with Crippen LogP contribution in [-0.2, 0) is 0 Å². The maximum absolute atomic E-state index is 12.4. The SMILES string of the molecule is Cc1cc(Nc2cnc(NC(=O)NC(CN)c3ccccc3)cc2C=N)ccn1. The third-order valence-electron chi connectivity index (χ3n) is 4.25. The summed E-state index contributed by atoms with van der Waals surface area (Å²) in [4.78, 5) is 20.8. The average molecular weight is 389 g/mol. The van der Waals surface area contributed by atoms with Crippen LogP contribution in [0.2, 0.25) is 0 Å². The molecule has 1 atom stereocenters. The van der Waals surface area contributed by atoms with Crippen LogP contribution in [0.25, 0.3) is 0 Å². The molecule has 0 aliphatic heterocycles. The molecule has 2 amide bonds. The fourth-order valence-corrected chi connectivity index (χ4v) is 2.82. The Morgan fingerprint density at radius 2 is 2.00 bits per heavy atom. The smallest absolute Gasteiger partial charge is 0.320 e. The lowest BCUT2D eigenvalue weighted by molar-refractivity contribution is 0.248. The van der Waals surface area contributed by atoms with Gasteiger partial charge >= 0.3 is 6.03 Å². The van der Waals surface area contributed by atoms with Gasteiger partial charge in [0.25, 0.3) is 0 Å². The van der Waals surface area contributed by atoms with Crippen LogP contribution in [0.15, 0.2) is 60.9 Å². The number of rotatable bonds is 7. The van der Waals surface area contributed by atoms with Crippen LogP contribution >= 0.6 is 0 Å². The van der Waals surface area contributed by atoms with Crippen molar-refractivity contribution >= 4 is 29.4 Å². The van der Waals surface area contributed by atoms with Gasteiger partial charge in [-0.05, 0) is 30.7 Å². The van der Waals surface area contributed by atoms with Gasteiger partial charge in [0.05, 0.1) is 17.9 Å². The van der Waals surface area contributed by atoms with Crippen LogP contribution < -0.4 is 21.7 Å². The summed E-state index contributed by atoms with van der Waals surface area (Å²) in [5.41, 5.74) is 9.68. The summed E-state index contributed by atoms with van der Waals surface area (Å²) in [6.07, 6.45) is 4.48. The first-order valence-electron chi connectivity index (χ1n) is 9.12. The second-order valence-corrected chi connectivity index (χ2v) is 6.41. The molecule has 0 fully saturated rings. The Morgan fingerprint density at radius 1 is 1.21 bits per heavy atom. The standard InChI is InChI=1S/C21H23N7O/c1-14-9-17(7-8-24-14)26-19-13-25-20(10-16(19)11-22)28-21(29)27-18(12-23)15-5-3-2-4-6-15/h2-11,13,18,22H,12,23H2,1H3,(H,24,26)(H2,25,27,28,29). The minimum absolute atomic E-state index is 0.269. The Morgan fingerprint density at radius 3 is 2.69 bits per heavy atom. The van der Waals surface area contributed by atoms with Crippen molar-refractivity contribution in [3.63, 3.8) is 0 Å². The zero-order valence-electron chi connectivity index (χ0n) is 16.0. The summed E-state index contributed by atoms with van der Waals surface area (Å²) in [5, 5.41) is 16.4. The molecule has 148 valence electrons. The fraction of sp³-hybridized carbons (Fsp3) is 0.143. The van der Waals surface area contributed by atoms with E-state index in [0.717, 1.165) is 16.9 Å². The molecule has 1 aromatic carbocycles. The highest BCUT2D eigenvalue weighted by Crippen LogP contribution is 2.21. The van der Waals surface area contributed by atoms with Gasteiger partial charge in [-0.1, -0.05) is 30.3 Å². The quantitative estimate of drug-likeness (QED) is 0.396. The molecule has 6 N–H and O–H groups in total. The van der Waals surface area contributed by atoms with Crippen molar-refractivity contribution in [3.8, 4) is 0 Å². The van der Waals surface area contributed by atoms with Gasteiger partial charge in [0.15, 0.2) is 0 Å². The number of hydrogen-bond donors (Lipinski definition) is 5. The summed E-state index contributed by atoms with van der Waals surface area (Å²) in [6, 6.07) is 14.1. The number of carbonyl (C=O) groups excluding carboxylic acids is 1. The second kappa shape index (κ2) is 9.43. The number of anilines is 3. The van der Waals surface area contributed by atoms with E-state index in [2.05, 4.69) is 25.9 Å². The lowest BCUT2D eigenvalue weighted by Crippen LogP contribution is -2.36. The molecular weight excluding hydrogens is 366 g/mol. The molecule has 2 aromatic heterocycles. The summed E-state index contributed by atoms with van der Waals surface area (Å²) in [6.45, 7) is 2.17. The zero-order valence-corrected chi connectivity index (χ0v) is 16.0. The van der Waals surface area contributed by atoms with Gasteiger partial charge in [0.1, 0.15) is 5.82 Å². The number of nitrogens with zero attached hydrogens (tertiary/aromatic N) is 2. The Balaban J connectivity index is 1.69. The number of nitrogens with two attached hydrogens (primary N) is 1. The van der Waals surface area contributed by atoms with Crippen LogP contribution in [0.3, 0.4) is 0 Å². The molecule has 8 nitrogen and oxygen atoms in total. The van der Waals surface area contributed by atoms with Gasteiger partial charge in [0.2, 0.25) is 0 Å². The molecule has 0 bridgehead atoms. The Bertz CT molecular complexity index is 991. The number of pyridine rings is 2. The molecular formula is C21H23N7O. The monoisotopic (exact) mass is 389 g/mol. The average Bonchev–Trinajstić information content (AvgIpc) is 2.73. The maximum Gasteiger partial charge on any atom is 0.320 e. The van der Waals surface area contributed by atoms with E-state index in [-0.39, 0.29) is 12.6 Å². The van der Waals surface area contributed by atoms with Gasteiger partial charge in [-0.15, -0.1) is 0 Å². The van der Waals surface area contributed by atoms with Crippen LogP contribution in [0.5, 0.6) is 0 Å². The molecule has 0 saturated carbocycles. The zero-order chi connectivity index (χ0) is 20.6. The van der Waals surface area contributed by atoms with E-state index >= 15 is 0 Å². The third-order valence-corrected chi connectivity index (χ3v) is 4.25. The molecule has 1 unspecified atom stereocenters. The van der Waals surface area contributed by atoms with Crippen LogP contribution in [0, 0.1) is 12.3 Å². The number of benzene rings is 1. The Labute approximate surface area is 169 Å². The van der Waals surface area contributed by atoms with E-state index in [1.165, 1.54) is 6.21 Å². The number of urea groups is 1. The molecule has 3 rings (SSSR count). The topological polar surface area (TPSA) is 129 Å². The van der Waals surface area contributed by atoms with Crippen LogP contribution in [0.1, 0.15) is 22.9 Å². The number of aryl methyl sites for hydroxylation is 1. The maximum atomic E-state index is 12.4. The highest BCUT2D eigenvalue weighted by molar-refractivity contribution is 5.92. The fourth-order valence-electron chi connectivity index (χ4n) is 2.82. The largest absolute Gasteiger partial charge is 0.354 e. The molecule has 0 aliphatic carbocycles. The summed E-state index contributed by atoms with van der Waals surface area (Å²) in [7, 11) is 0. The van der Waals surface area contributed by atoms with Crippen molar-refractivity contribution in [3.05, 3.63) is 77.7 Å². The minimum atomic E-state index is -0.418. The van der Waals surface area contributed by atoms with Gasteiger partial charge in [-0.2, -0.15) is 0 Å². The van der Waals surface area contributed by atoms with Crippen molar-refractivity contribution in [1.82, 2.24) is 15.3 Å².